The number of aliphatic hydroxyl groups excluding tert-OH is 1. The van der Waals surface area contributed by atoms with Gasteiger partial charge in [0, 0.05) is 58.0 Å². The number of likely N-dealkylation sites (tertiary alicyclic amines) is 1. The molecular formula is C55H100N22O12. The van der Waals surface area contributed by atoms with Crippen LogP contribution >= 0.6 is 0 Å². The van der Waals surface area contributed by atoms with E-state index in [9.17, 15) is 57.8 Å². The first-order valence-corrected chi connectivity index (χ1v) is 30.4. The summed E-state index contributed by atoms with van der Waals surface area (Å²) in [5.41, 5.74) is 40.2. The van der Waals surface area contributed by atoms with Crippen LogP contribution in [0.5, 0.6) is 0 Å². The summed E-state index contributed by atoms with van der Waals surface area (Å²) in [7, 11) is 0. The first-order chi connectivity index (χ1) is 42.5. The fourth-order valence-electron chi connectivity index (χ4n) is 9.21. The van der Waals surface area contributed by atoms with E-state index in [-0.39, 0.29) is 95.1 Å². The van der Waals surface area contributed by atoms with E-state index >= 15 is 0 Å². The summed E-state index contributed by atoms with van der Waals surface area (Å²) in [5, 5.41) is 46.6. The highest BCUT2D eigenvalue weighted by Gasteiger charge is 2.40. The van der Waals surface area contributed by atoms with Gasteiger partial charge in [-0.05, 0) is 136 Å². The van der Waals surface area contributed by atoms with Crippen LogP contribution in [0.2, 0.25) is 0 Å². The summed E-state index contributed by atoms with van der Waals surface area (Å²) in [6.45, 7) is 3.53. The Morgan fingerprint density at radius 3 is 1.91 bits per heavy atom. The second-order valence-corrected chi connectivity index (χ2v) is 21.6. The van der Waals surface area contributed by atoms with Gasteiger partial charge in [0.1, 0.15) is 48.0 Å². The zero-order valence-electron chi connectivity index (χ0n) is 51.4. The molecular weight excluding hydrogens is 1160 g/mol. The van der Waals surface area contributed by atoms with Crippen LogP contribution in [0.4, 0.5) is 0 Å². The molecule has 1 saturated heterocycles. The molecule has 34 heteroatoms. The van der Waals surface area contributed by atoms with Crippen LogP contribution in [0, 0.1) is 5.41 Å². The van der Waals surface area contributed by atoms with Crippen molar-refractivity contribution in [3.8, 4) is 0 Å². The predicted octanol–water partition coefficient (Wildman–Crippen LogP) is -7.33. The van der Waals surface area contributed by atoms with Gasteiger partial charge in [-0.15, -0.1) is 0 Å². The lowest BCUT2D eigenvalue weighted by atomic mass is 10.0. The minimum atomic E-state index is -1.61. The molecule has 502 valence electrons. The Bertz CT molecular complexity index is 2450. The molecule has 1 fully saturated rings. The first-order valence-electron chi connectivity index (χ1n) is 30.4. The number of unbranched alkanes of at least 4 members (excludes halogenated alkanes) is 4. The molecule has 0 radical (unpaired) electrons. The number of aromatic nitrogens is 2. The third kappa shape index (κ3) is 30.3. The molecule has 1 aromatic heterocycles. The molecule has 0 spiro atoms. The molecule has 1 aliphatic rings. The van der Waals surface area contributed by atoms with Gasteiger partial charge in [0.2, 0.25) is 59.1 Å². The number of carbonyl (C=O) groups is 11. The summed E-state index contributed by atoms with van der Waals surface area (Å²) >= 11 is 0. The van der Waals surface area contributed by atoms with Gasteiger partial charge in [0.05, 0.1) is 25.0 Å². The molecule has 11 amide bonds. The normalized spacial score (nSPS) is 15.7. The van der Waals surface area contributed by atoms with E-state index in [0.717, 1.165) is 0 Å². The van der Waals surface area contributed by atoms with Gasteiger partial charge >= 0.3 is 0 Å². The molecule has 9 atom stereocenters. The van der Waals surface area contributed by atoms with Crippen molar-refractivity contribution >= 4 is 70.9 Å². The van der Waals surface area contributed by atoms with E-state index in [1.54, 1.807) is 0 Å². The van der Waals surface area contributed by atoms with Gasteiger partial charge < -0.3 is 114 Å². The van der Waals surface area contributed by atoms with E-state index in [4.69, 9.17) is 45.5 Å². The van der Waals surface area contributed by atoms with Crippen LogP contribution in [-0.4, -0.2) is 211 Å². The number of H-pyrrole nitrogens is 1. The monoisotopic (exact) mass is 1260 g/mol. The van der Waals surface area contributed by atoms with Crippen LogP contribution in [0.3, 0.4) is 0 Å². The number of carbonyl (C=O) groups excluding carboxylic acids is 11. The summed E-state index contributed by atoms with van der Waals surface area (Å²) in [6, 6.07) is -10.1. The highest BCUT2D eigenvalue weighted by molar-refractivity contribution is 6.02. The summed E-state index contributed by atoms with van der Waals surface area (Å²) in [5.74, 6) is -8.30. The Morgan fingerprint density at radius 2 is 1.29 bits per heavy atom. The fourth-order valence-corrected chi connectivity index (χ4v) is 9.21. The number of aliphatic hydroxyl groups is 1. The first kappa shape index (κ1) is 77.2. The van der Waals surface area contributed by atoms with Crippen molar-refractivity contribution in [1.29, 1.82) is 5.41 Å². The number of hydrogen-bond acceptors (Lipinski definition) is 20. The number of nitrogens with two attached hydrogens (primary N) is 7. The molecule has 0 aromatic carbocycles. The van der Waals surface area contributed by atoms with Crippen molar-refractivity contribution in [2.24, 2.45) is 40.1 Å². The quantitative estimate of drug-likeness (QED) is 0.0125. The average Bonchev–Trinajstić information content (AvgIpc) is 2.64. The highest BCUT2D eigenvalue weighted by atomic mass is 16.3. The number of amides is 11. The fraction of sp³-hybridized carbons (Fsp3) is 0.691. The number of aromatic amines is 1. The van der Waals surface area contributed by atoms with Gasteiger partial charge in [0.25, 0.3) is 5.91 Å². The molecule has 28 N–H and O–H groups in total. The Kier molecular flexibility index (Phi) is 37.9. The number of imidazole rings is 1. The lowest BCUT2D eigenvalue weighted by Gasteiger charge is -2.30. The van der Waals surface area contributed by atoms with E-state index in [1.165, 1.54) is 37.3 Å². The molecule has 1 aromatic rings. The maximum atomic E-state index is 14.5. The van der Waals surface area contributed by atoms with Crippen molar-refractivity contribution in [2.45, 2.75) is 177 Å². The van der Waals surface area contributed by atoms with Gasteiger partial charge in [0.15, 0.2) is 5.96 Å². The maximum absolute atomic E-state index is 14.5. The van der Waals surface area contributed by atoms with Crippen LogP contribution in [0.25, 0.3) is 0 Å². The molecule has 0 aliphatic carbocycles. The van der Waals surface area contributed by atoms with Crippen molar-refractivity contribution in [3.63, 3.8) is 0 Å². The number of guanidine groups is 1. The zero-order valence-corrected chi connectivity index (χ0v) is 51.4. The Labute approximate surface area is 519 Å². The summed E-state index contributed by atoms with van der Waals surface area (Å²) in [4.78, 5) is 157. The highest BCUT2D eigenvalue weighted by Crippen LogP contribution is 2.21. The van der Waals surface area contributed by atoms with Gasteiger partial charge in [-0.3, -0.25) is 58.1 Å². The smallest absolute Gasteiger partial charge is 0.268 e. The topological polar surface area (TPSA) is 578 Å². The third-order valence-electron chi connectivity index (χ3n) is 14.2. The van der Waals surface area contributed by atoms with Crippen LogP contribution in [-0.2, 0) is 59.2 Å². The van der Waals surface area contributed by atoms with Crippen molar-refractivity contribution in [3.05, 3.63) is 30.0 Å². The SMILES string of the molecule is CC(=O)NCCCCC(N)C(=O)N[C@H](C(=O)NC(C)C(=O)NCC(=O)N[C@H](CCCN)C(=O)N1CCC[C@H]1C(=O)NC(Cc1cnc[nH]1)C(=O)N[C@@H](CCCCN)C(=O)N/C(=C\CCNC(=N)N)C(=O)N[C@@H](CCCCN)C(=O)NCCCCN)[C@@H](O)CN. The number of nitrogens with one attached hydrogen (secondary N) is 13. The minimum absolute atomic E-state index is 0.0241. The molecule has 89 heavy (non-hydrogen) atoms. The van der Waals surface area contributed by atoms with E-state index in [1.807, 2.05) is 0 Å². The molecule has 3 unspecified atom stereocenters. The molecule has 0 saturated carbocycles. The van der Waals surface area contributed by atoms with Crippen molar-refractivity contribution < 1.29 is 57.8 Å². The zero-order chi connectivity index (χ0) is 66.3. The van der Waals surface area contributed by atoms with Crippen molar-refractivity contribution in [1.82, 2.24) is 73.4 Å². The summed E-state index contributed by atoms with van der Waals surface area (Å²) in [6.07, 6.45) is 7.86. The minimum Gasteiger partial charge on any atom is -0.389 e. The number of rotatable bonds is 45. The molecule has 2 heterocycles. The molecule has 34 nitrogen and oxygen atoms in total. The largest absolute Gasteiger partial charge is 0.389 e. The Balaban J connectivity index is 2.30. The van der Waals surface area contributed by atoms with E-state index in [0.29, 0.717) is 89.7 Å². The van der Waals surface area contributed by atoms with E-state index in [2.05, 4.69) is 68.5 Å². The van der Waals surface area contributed by atoms with Gasteiger partial charge in [-0.1, -0.05) is 6.08 Å². The molecule has 1 aliphatic heterocycles. The molecule has 0 bridgehead atoms. The summed E-state index contributed by atoms with van der Waals surface area (Å²) < 4.78 is 0. The average molecular weight is 1260 g/mol. The Hall–Kier alpha value is -7.89. The van der Waals surface area contributed by atoms with Crippen LogP contribution in [0.1, 0.15) is 122 Å². The van der Waals surface area contributed by atoms with Crippen LogP contribution < -0.4 is 98.6 Å². The molecule has 2 rings (SSSR count). The maximum Gasteiger partial charge on any atom is 0.268 e. The third-order valence-corrected chi connectivity index (χ3v) is 14.2. The second kappa shape index (κ2) is 43.7. The number of nitrogens with zero attached hydrogens (tertiary/aromatic N) is 2. The van der Waals surface area contributed by atoms with Gasteiger partial charge in [-0.2, -0.15) is 0 Å². The lowest BCUT2D eigenvalue weighted by molar-refractivity contribution is -0.142. The van der Waals surface area contributed by atoms with Crippen molar-refractivity contribution in [2.75, 3.05) is 65.4 Å². The Morgan fingerprint density at radius 1 is 0.674 bits per heavy atom. The lowest BCUT2D eigenvalue weighted by Crippen LogP contribution is -2.60. The number of hydrogen-bond donors (Lipinski definition) is 21. The van der Waals surface area contributed by atoms with Gasteiger partial charge in [-0.25, -0.2) is 4.98 Å². The van der Waals surface area contributed by atoms with Crippen LogP contribution in [0.15, 0.2) is 24.3 Å². The predicted molar refractivity (Wildman–Crippen MR) is 329 cm³/mol. The van der Waals surface area contributed by atoms with E-state index < -0.39 is 127 Å². The standard InChI is InChI=1S/C55H100N22O12/c1-33(70-53(88)45(43(79)29-60)76-47(82)36(61)14-5-9-24-65-34(2)78)46(81)68-31-44(80)71-40(17-11-23-59)54(89)77-27-13-19-42(77)52(87)75-41(28-35-30-64-32-69-35)51(86)74-38(16-4-7-21-57)49(84)73-39(18-12-26-67-55(62)63)50(85)72-37(15-3-6-20-56)48(83)66-25-10-8-22-58/h18,30,32-33,36-38,40-43,45,79H,3-17,19-29,31,56-61H2,1-2H3,(H,64,69)(H,65,78)(H,66,83)(H,68,81)(H,70,88)(H,71,80)(H,72,85)(H,73,84)(H,74,86)(H,75,87)(H,76,82)(H4,62,63,67)/b39-18-/t33?,36?,37-,38-,40+,41?,42-,43-,45-/m0/s1. The second-order valence-electron chi connectivity index (χ2n) is 21.6.